The Hall–Kier alpha value is 0.306. The van der Waals surface area contributed by atoms with Crippen molar-refractivity contribution in [1.29, 1.82) is 0 Å². The quantitative estimate of drug-likeness (QED) is 0.404. The van der Waals surface area contributed by atoms with Crippen LogP contribution < -0.4 is 24.8 Å². The molecule has 0 N–H and O–H groups in total. The van der Waals surface area contributed by atoms with Gasteiger partial charge in [0, 0.05) is 0 Å². The largest absolute Gasteiger partial charge is 2.00 e. The maximum Gasteiger partial charge on any atom is 2.00 e. The number of hydrogen-bond donors (Lipinski definition) is 0. The van der Waals surface area contributed by atoms with Gasteiger partial charge < -0.3 is 24.8 Å². The van der Waals surface area contributed by atoms with E-state index in [-0.39, 0.29) is 47.9 Å². The summed E-state index contributed by atoms with van der Waals surface area (Å²) < 4.78 is 0. The first kappa shape index (κ1) is 17.4. The molecular weight excluding hydrogens is 191 g/mol. The zero-order chi connectivity index (χ0) is 5.82. The fourth-order valence-corrected chi connectivity index (χ4v) is 0.589. The first-order chi connectivity index (χ1) is 3.93. The van der Waals surface area contributed by atoms with E-state index in [9.17, 15) is 0 Å². The average Bonchev–Trinajstić information content (AvgIpc) is 1.90. The van der Waals surface area contributed by atoms with Crippen LogP contribution in [0.5, 0.6) is 0 Å². The third-order valence-corrected chi connectivity index (χ3v) is 1.04. The average molecular weight is 199 g/mol. The second-order valence-corrected chi connectivity index (χ2v) is 1.61. The summed E-state index contributed by atoms with van der Waals surface area (Å²) in [6.07, 6.45) is 1.83. The molecule has 0 atom stereocenters. The van der Waals surface area contributed by atoms with Crippen molar-refractivity contribution in [2.45, 2.75) is 0 Å². The van der Waals surface area contributed by atoms with Crippen LogP contribution in [0.4, 0.5) is 0 Å². The first-order valence-electron chi connectivity index (χ1n) is 2.61. The zero-order valence-electron chi connectivity index (χ0n) is 6.13. The Morgan fingerprint density at radius 1 is 1.00 bits per heavy atom. The van der Waals surface area contributed by atoms with E-state index in [4.69, 9.17) is 0 Å². The molecule has 0 aromatic heterocycles. The van der Waals surface area contributed by atoms with Gasteiger partial charge in [-0.1, -0.05) is 43.0 Å². The molecular formula is C8H8Cl2Mg. The van der Waals surface area contributed by atoms with Crippen LogP contribution >= 0.6 is 0 Å². The van der Waals surface area contributed by atoms with E-state index >= 15 is 0 Å². The molecule has 1 rings (SSSR count). The van der Waals surface area contributed by atoms with Crippen molar-refractivity contribution < 1.29 is 24.8 Å². The van der Waals surface area contributed by atoms with Gasteiger partial charge in [0.05, 0.1) is 0 Å². The predicted molar refractivity (Wildman–Crippen MR) is 42.3 cm³/mol. The fourth-order valence-electron chi connectivity index (χ4n) is 0.589. The van der Waals surface area contributed by atoms with Crippen molar-refractivity contribution in [3.8, 4) is 0 Å². The molecule has 0 unspecified atom stereocenters. The molecule has 0 saturated carbocycles. The van der Waals surface area contributed by atoms with Crippen molar-refractivity contribution in [3.05, 3.63) is 42.5 Å². The molecule has 0 aliphatic carbocycles. The molecule has 0 bridgehead atoms. The summed E-state index contributed by atoms with van der Waals surface area (Å²) >= 11 is 0. The minimum atomic E-state index is 0. The summed E-state index contributed by atoms with van der Waals surface area (Å²) in [5.74, 6) is 0. The van der Waals surface area contributed by atoms with Crippen molar-refractivity contribution in [1.82, 2.24) is 0 Å². The smallest absolute Gasteiger partial charge is 1.00 e. The maximum absolute atomic E-state index is 3.63. The second kappa shape index (κ2) is 10.3. The van der Waals surface area contributed by atoms with Crippen LogP contribution in [-0.4, -0.2) is 23.1 Å². The predicted octanol–water partition coefficient (Wildman–Crippen LogP) is -4.04. The van der Waals surface area contributed by atoms with Crippen molar-refractivity contribution in [2.24, 2.45) is 0 Å². The normalized spacial score (nSPS) is 6.18. The molecule has 0 aliphatic heterocycles. The molecule has 3 heteroatoms. The van der Waals surface area contributed by atoms with Gasteiger partial charge in [-0.15, -0.1) is 0 Å². The van der Waals surface area contributed by atoms with E-state index in [2.05, 4.69) is 6.58 Å². The molecule has 0 aliphatic rings. The van der Waals surface area contributed by atoms with Gasteiger partial charge in [0.1, 0.15) is 0 Å². The summed E-state index contributed by atoms with van der Waals surface area (Å²) in [5, 5.41) is 0. The number of benzene rings is 1. The van der Waals surface area contributed by atoms with Gasteiger partial charge in [0.2, 0.25) is 0 Å². The summed E-state index contributed by atoms with van der Waals surface area (Å²) in [6.45, 7) is 3.63. The fraction of sp³-hybridized carbons (Fsp3) is 0. The molecule has 56 valence electrons. The van der Waals surface area contributed by atoms with E-state index in [1.165, 1.54) is 5.56 Å². The Labute approximate surface area is 96.0 Å². The Bertz CT molecular complexity index is 175. The Morgan fingerprint density at radius 3 is 1.73 bits per heavy atom. The van der Waals surface area contributed by atoms with Crippen molar-refractivity contribution >= 4 is 29.1 Å². The van der Waals surface area contributed by atoms with Crippen LogP contribution in [0.15, 0.2) is 36.9 Å². The van der Waals surface area contributed by atoms with E-state index in [0.29, 0.717) is 0 Å². The number of rotatable bonds is 1. The van der Waals surface area contributed by atoms with E-state index < -0.39 is 0 Å². The summed E-state index contributed by atoms with van der Waals surface area (Å²) in [7, 11) is 0. The Kier molecular flexibility index (Phi) is 16.3. The molecule has 11 heavy (non-hydrogen) atoms. The van der Waals surface area contributed by atoms with Crippen LogP contribution in [0, 0.1) is 0 Å². The molecule has 1 aromatic rings. The van der Waals surface area contributed by atoms with E-state index in [1.807, 2.05) is 36.4 Å². The number of halogens is 2. The van der Waals surface area contributed by atoms with Crippen LogP contribution in [-0.2, 0) is 0 Å². The zero-order valence-corrected chi connectivity index (χ0v) is 9.06. The third-order valence-electron chi connectivity index (χ3n) is 1.04. The maximum atomic E-state index is 3.63. The minimum absolute atomic E-state index is 0. The Balaban J connectivity index is -0.000000213. The molecule has 0 fully saturated rings. The van der Waals surface area contributed by atoms with Gasteiger partial charge >= 0.3 is 23.1 Å². The summed E-state index contributed by atoms with van der Waals surface area (Å²) in [4.78, 5) is 0. The van der Waals surface area contributed by atoms with Gasteiger partial charge in [-0.05, 0) is 5.56 Å². The van der Waals surface area contributed by atoms with E-state index in [1.54, 1.807) is 0 Å². The number of hydrogen-bond acceptors (Lipinski definition) is 0. The standard InChI is InChI=1S/C8H8.2ClH.Mg/c1-2-8-6-4-3-5-7-8;;;/h2-7H,1H2;2*1H;/q;;;+2/p-2. The van der Waals surface area contributed by atoms with Crippen LogP contribution in [0.3, 0.4) is 0 Å². The molecule has 0 heterocycles. The first-order valence-corrected chi connectivity index (χ1v) is 2.61. The van der Waals surface area contributed by atoms with Gasteiger partial charge in [0.15, 0.2) is 0 Å². The minimum Gasteiger partial charge on any atom is -1.00 e. The molecule has 0 saturated heterocycles. The molecule has 0 spiro atoms. The summed E-state index contributed by atoms with van der Waals surface area (Å²) in [6, 6.07) is 10.0. The monoisotopic (exact) mass is 198 g/mol. The topological polar surface area (TPSA) is 0 Å². The molecule has 0 nitrogen and oxygen atoms in total. The van der Waals surface area contributed by atoms with Crippen LogP contribution in [0.25, 0.3) is 6.08 Å². The SMILES string of the molecule is C=Cc1ccccc1.[Cl-].[Cl-].[Mg+2]. The van der Waals surface area contributed by atoms with Crippen LogP contribution in [0.1, 0.15) is 5.56 Å². The van der Waals surface area contributed by atoms with Gasteiger partial charge in [-0.2, -0.15) is 0 Å². The van der Waals surface area contributed by atoms with Crippen molar-refractivity contribution in [2.75, 3.05) is 0 Å². The van der Waals surface area contributed by atoms with Crippen molar-refractivity contribution in [3.63, 3.8) is 0 Å². The summed E-state index contributed by atoms with van der Waals surface area (Å²) in [5.41, 5.74) is 1.17. The third kappa shape index (κ3) is 6.69. The van der Waals surface area contributed by atoms with Crippen LogP contribution in [0.2, 0.25) is 0 Å². The van der Waals surface area contributed by atoms with Gasteiger partial charge in [-0.25, -0.2) is 0 Å². The van der Waals surface area contributed by atoms with E-state index in [0.717, 1.165) is 0 Å². The Morgan fingerprint density at radius 2 is 1.45 bits per heavy atom. The molecule has 0 amide bonds. The molecule has 0 radical (unpaired) electrons. The molecule has 1 aromatic carbocycles. The second-order valence-electron chi connectivity index (χ2n) is 1.61. The van der Waals surface area contributed by atoms with Gasteiger partial charge in [-0.3, -0.25) is 0 Å². The van der Waals surface area contributed by atoms with Gasteiger partial charge in [0.25, 0.3) is 0 Å².